The Morgan fingerprint density at radius 2 is 1.58 bits per heavy atom. The van der Waals surface area contributed by atoms with Crippen molar-refractivity contribution in [1.82, 2.24) is 0 Å². The molecule has 6 heteroatoms. The average molecular weight is 381 g/mol. The van der Waals surface area contributed by atoms with Crippen LogP contribution < -0.4 is 10.2 Å². The van der Waals surface area contributed by atoms with Crippen LogP contribution in [0.25, 0.3) is 5.57 Å². The molecular weight excluding hydrogens is 368 g/mol. The molecule has 1 aliphatic heterocycles. The highest BCUT2D eigenvalue weighted by molar-refractivity contribution is 7.11. The summed E-state index contributed by atoms with van der Waals surface area (Å²) < 4.78 is 0. The number of carbonyl (C=O) groups excluding carboxylic acids is 2. The highest BCUT2D eigenvalue weighted by atomic mass is 35.5. The molecule has 0 saturated heterocycles. The number of para-hydroxylation sites is 2. The third-order valence-corrected chi connectivity index (χ3v) is 5.19. The topological polar surface area (TPSA) is 49.4 Å². The summed E-state index contributed by atoms with van der Waals surface area (Å²) in [5.41, 5.74) is 1.72. The fraction of sp³-hybridized carbons (Fsp3) is 0. The van der Waals surface area contributed by atoms with E-state index in [4.69, 9.17) is 11.6 Å². The van der Waals surface area contributed by atoms with Gasteiger partial charge in [0.05, 0.1) is 16.3 Å². The van der Waals surface area contributed by atoms with Crippen LogP contribution in [0.3, 0.4) is 0 Å². The molecule has 4 nitrogen and oxygen atoms in total. The van der Waals surface area contributed by atoms with E-state index in [1.807, 2.05) is 47.8 Å². The third-order valence-electron chi connectivity index (χ3n) is 3.99. The minimum absolute atomic E-state index is 0.253. The van der Waals surface area contributed by atoms with E-state index in [0.29, 0.717) is 16.3 Å². The molecule has 4 rings (SSSR count). The number of imide groups is 1. The lowest BCUT2D eigenvalue weighted by Crippen LogP contribution is -2.32. The molecule has 0 spiro atoms. The van der Waals surface area contributed by atoms with Crippen molar-refractivity contribution in [3.05, 3.63) is 87.7 Å². The van der Waals surface area contributed by atoms with Gasteiger partial charge in [-0.05, 0) is 35.7 Å². The number of halogens is 1. The SMILES string of the molecule is O=C1C(Nc2ccccc2)=C(c2cccs2)C(=O)N1c1ccccc1Cl. The molecule has 0 fully saturated rings. The first kappa shape index (κ1) is 16.6. The molecule has 0 atom stereocenters. The van der Waals surface area contributed by atoms with Gasteiger partial charge in [0, 0.05) is 10.6 Å². The second-order valence-corrected chi connectivity index (χ2v) is 6.97. The number of rotatable bonds is 4. The van der Waals surface area contributed by atoms with Crippen LogP contribution in [0.5, 0.6) is 0 Å². The van der Waals surface area contributed by atoms with E-state index in [1.54, 1.807) is 24.3 Å². The predicted octanol–water partition coefficient (Wildman–Crippen LogP) is 4.80. The average Bonchev–Trinajstić information content (AvgIpc) is 3.25. The van der Waals surface area contributed by atoms with E-state index in [-0.39, 0.29) is 11.6 Å². The van der Waals surface area contributed by atoms with E-state index in [1.165, 1.54) is 11.3 Å². The summed E-state index contributed by atoms with van der Waals surface area (Å²) in [5, 5.41) is 5.33. The molecule has 0 aliphatic carbocycles. The van der Waals surface area contributed by atoms with Crippen LogP contribution in [-0.2, 0) is 9.59 Å². The lowest BCUT2D eigenvalue weighted by Gasteiger charge is -2.16. The molecule has 0 bridgehead atoms. The molecular formula is C20H13ClN2O2S. The first-order chi connectivity index (χ1) is 12.7. The normalized spacial score (nSPS) is 14.3. The fourth-order valence-electron chi connectivity index (χ4n) is 2.81. The summed E-state index contributed by atoms with van der Waals surface area (Å²) >= 11 is 7.64. The van der Waals surface area contributed by atoms with Crippen LogP contribution in [0.1, 0.15) is 4.88 Å². The highest BCUT2D eigenvalue weighted by Gasteiger charge is 2.41. The number of nitrogens with one attached hydrogen (secondary N) is 1. The minimum Gasteiger partial charge on any atom is -0.350 e. The van der Waals surface area contributed by atoms with Gasteiger partial charge in [-0.1, -0.05) is 48.0 Å². The van der Waals surface area contributed by atoms with Crippen molar-refractivity contribution in [2.75, 3.05) is 10.2 Å². The molecule has 0 saturated carbocycles. The fourth-order valence-corrected chi connectivity index (χ4v) is 3.80. The molecule has 0 radical (unpaired) electrons. The maximum Gasteiger partial charge on any atom is 0.282 e. The lowest BCUT2D eigenvalue weighted by atomic mass is 10.2. The summed E-state index contributed by atoms with van der Waals surface area (Å²) in [4.78, 5) is 28.1. The summed E-state index contributed by atoms with van der Waals surface area (Å²) in [6.07, 6.45) is 0. The summed E-state index contributed by atoms with van der Waals surface area (Å²) in [7, 11) is 0. The second-order valence-electron chi connectivity index (χ2n) is 5.62. The number of carbonyl (C=O) groups is 2. The van der Waals surface area contributed by atoms with Gasteiger partial charge in [0.25, 0.3) is 11.8 Å². The van der Waals surface area contributed by atoms with Gasteiger partial charge in [0.2, 0.25) is 0 Å². The Morgan fingerprint density at radius 3 is 2.27 bits per heavy atom. The second kappa shape index (κ2) is 6.78. The first-order valence-corrected chi connectivity index (χ1v) is 9.16. The van der Waals surface area contributed by atoms with Gasteiger partial charge in [0.1, 0.15) is 5.70 Å². The molecule has 26 heavy (non-hydrogen) atoms. The number of benzene rings is 2. The van der Waals surface area contributed by atoms with Crippen molar-refractivity contribution in [2.24, 2.45) is 0 Å². The van der Waals surface area contributed by atoms with E-state index >= 15 is 0 Å². The van der Waals surface area contributed by atoms with Gasteiger partial charge < -0.3 is 5.32 Å². The molecule has 128 valence electrons. The monoisotopic (exact) mass is 380 g/mol. The zero-order valence-electron chi connectivity index (χ0n) is 13.5. The van der Waals surface area contributed by atoms with E-state index in [2.05, 4.69) is 5.32 Å². The van der Waals surface area contributed by atoms with Gasteiger partial charge in [-0.2, -0.15) is 0 Å². The Balaban J connectivity index is 1.82. The Labute approximate surface area is 159 Å². The molecule has 2 aromatic carbocycles. The number of hydrogen-bond donors (Lipinski definition) is 1. The van der Waals surface area contributed by atoms with Crippen molar-refractivity contribution in [1.29, 1.82) is 0 Å². The van der Waals surface area contributed by atoms with E-state index < -0.39 is 5.91 Å². The molecule has 2 amide bonds. The van der Waals surface area contributed by atoms with Gasteiger partial charge in [0.15, 0.2) is 0 Å². The number of anilines is 2. The minimum atomic E-state index is -0.421. The van der Waals surface area contributed by atoms with E-state index in [0.717, 1.165) is 15.5 Å². The predicted molar refractivity (Wildman–Crippen MR) is 105 cm³/mol. The van der Waals surface area contributed by atoms with Crippen molar-refractivity contribution >= 4 is 51.7 Å². The van der Waals surface area contributed by atoms with Crippen LogP contribution in [0.4, 0.5) is 11.4 Å². The molecule has 1 aromatic heterocycles. The lowest BCUT2D eigenvalue weighted by molar-refractivity contribution is -0.120. The van der Waals surface area contributed by atoms with Gasteiger partial charge in [-0.25, -0.2) is 4.90 Å². The Morgan fingerprint density at radius 1 is 0.846 bits per heavy atom. The van der Waals surface area contributed by atoms with Crippen molar-refractivity contribution in [2.45, 2.75) is 0 Å². The van der Waals surface area contributed by atoms with Crippen LogP contribution in [0.2, 0.25) is 5.02 Å². The Hall–Kier alpha value is -2.89. The molecule has 2 heterocycles. The first-order valence-electron chi connectivity index (χ1n) is 7.90. The summed E-state index contributed by atoms with van der Waals surface area (Å²) in [5.74, 6) is -0.806. The van der Waals surface area contributed by atoms with Crippen molar-refractivity contribution in [3.8, 4) is 0 Å². The zero-order chi connectivity index (χ0) is 18.1. The maximum absolute atomic E-state index is 13.1. The zero-order valence-corrected chi connectivity index (χ0v) is 15.1. The van der Waals surface area contributed by atoms with Crippen LogP contribution >= 0.6 is 22.9 Å². The standard InChI is InChI=1S/C20H13ClN2O2S/c21-14-9-4-5-10-15(14)23-19(24)17(16-11-6-12-26-16)18(20(23)25)22-13-7-2-1-3-8-13/h1-12,22H. The number of nitrogens with zero attached hydrogens (tertiary/aromatic N) is 1. The molecule has 1 N–H and O–H groups in total. The Bertz CT molecular complexity index is 1010. The smallest absolute Gasteiger partial charge is 0.282 e. The summed E-state index contributed by atoms with van der Waals surface area (Å²) in [6, 6.07) is 19.8. The van der Waals surface area contributed by atoms with Crippen LogP contribution in [0.15, 0.2) is 77.8 Å². The van der Waals surface area contributed by atoms with Gasteiger partial charge >= 0.3 is 0 Å². The van der Waals surface area contributed by atoms with Crippen molar-refractivity contribution < 1.29 is 9.59 Å². The largest absolute Gasteiger partial charge is 0.350 e. The maximum atomic E-state index is 13.1. The molecule has 1 aliphatic rings. The molecule has 0 unspecified atom stereocenters. The quantitative estimate of drug-likeness (QED) is 0.661. The molecule has 3 aromatic rings. The van der Waals surface area contributed by atoms with Gasteiger partial charge in [-0.15, -0.1) is 11.3 Å². The number of hydrogen-bond acceptors (Lipinski definition) is 4. The number of amides is 2. The third kappa shape index (κ3) is 2.81. The summed E-state index contributed by atoms with van der Waals surface area (Å²) in [6.45, 7) is 0. The highest BCUT2D eigenvalue weighted by Crippen LogP contribution is 2.37. The van der Waals surface area contributed by atoms with Crippen molar-refractivity contribution in [3.63, 3.8) is 0 Å². The van der Waals surface area contributed by atoms with Crippen LogP contribution in [-0.4, -0.2) is 11.8 Å². The number of thiophene rings is 1. The van der Waals surface area contributed by atoms with E-state index in [9.17, 15) is 9.59 Å². The van der Waals surface area contributed by atoms with Crippen LogP contribution in [0, 0.1) is 0 Å². The Kier molecular flexibility index (Phi) is 4.32. The van der Waals surface area contributed by atoms with Gasteiger partial charge in [-0.3, -0.25) is 9.59 Å².